The SMILES string of the molecule is Cc1cccc2cccc(N3CCc4c(nc(OCC5CCN5C(C)C)nc4N4CCN(C(=O)/C=C/CF)[C@@H](CC#N)C4)C3)c12. The Hall–Kier alpha value is -4.23. The van der Waals surface area contributed by atoms with Crippen molar-refractivity contribution < 1.29 is 13.9 Å². The molecule has 0 N–H and O–H groups in total. The van der Waals surface area contributed by atoms with Gasteiger partial charge in [0.1, 0.15) is 19.1 Å². The van der Waals surface area contributed by atoms with Crippen molar-refractivity contribution in [3.63, 3.8) is 0 Å². The van der Waals surface area contributed by atoms with Gasteiger partial charge in [-0.3, -0.25) is 9.69 Å². The summed E-state index contributed by atoms with van der Waals surface area (Å²) in [5.41, 5.74) is 4.48. The van der Waals surface area contributed by atoms with Crippen molar-refractivity contribution in [2.24, 2.45) is 0 Å². The Balaban J connectivity index is 1.32. The lowest BCUT2D eigenvalue weighted by Gasteiger charge is -2.43. The number of amides is 1. The van der Waals surface area contributed by atoms with Crippen molar-refractivity contribution in [1.82, 2.24) is 19.8 Å². The fraction of sp³-hybridized carbons (Fsp3) is 0.486. The van der Waals surface area contributed by atoms with Gasteiger partial charge in [-0.25, -0.2) is 4.39 Å². The second-order valence-corrected chi connectivity index (χ2v) is 12.5. The fourth-order valence-electron chi connectivity index (χ4n) is 7.04. The Morgan fingerprint density at radius 2 is 1.93 bits per heavy atom. The third-order valence-electron chi connectivity index (χ3n) is 9.45. The standard InChI is InChI=1S/C35H42FN7O2/c1-24(2)42-18-13-28(42)23-45-35-38-30-22-40(31-10-5-9-26-8-4-7-25(3)33(26)31)17-14-29(30)34(39-35)41-19-20-43(27(21-41)12-16-37)32(44)11-6-15-36/h4-11,24,27-28H,12-15,17-23H2,1-3H3/b11-6+/t27-,28?/m0/s1. The number of benzene rings is 2. The van der Waals surface area contributed by atoms with E-state index in [1.807, 2.05) is 0 Å². The molecule has 2 fully saturated rings. The zero-order valence-corrected chi connectivity index (χ0v) is 26.5. The summed E-state index contributed by atoms with van der Waals surface area (Å²) in [6, 6.07) is 16.0. The second-order valence-electron chi connectivity index (χ2n) is 12.5. The molecule has 0 aliphatic carbocycles. The molecule has 1 amide bonds. The minimum atomic E-state index is -0.699. The van der Waals surface area contributed by atoms with Gasteiger partial charge < -0.3 is 19.4 Å². The Morgan fingerprint density at radius 3 is 2.67 bits per heavy atom. The summed E-state index contributed by atoms with van der Waals surface area (Å²) in [6.45, 7) is 10.4. The normalized spacial score (nSPS) is 20.4. The van der Waals surface area contributed by atoms with Crippen molar-refractivity contribution in [3.05, 3.63) is 65.4 Å². The van der Waals surface area contributed by atoms with Crippen LogP contribution in [0.15, 0.2) is 48.6 Å². The summed E-state index contributed by atoms with van der Waals surface area (Å²) >= 11 is 0. The molecule has 4 heterocycles. The smallest absolute Gasteiger partial charge is 0.318 e. The molecule has 1 aromatic heterocycles. The number of aryl methyl sites for hydroxylation is 1. The average molecular weight is 612 g/mol. The number of rotatable bonds is 9. The third kappa shape index (κ3) is 6.32. The average Bonchev–Trinajstić information content (AvgIpc) is 3.02. The largest absolute Gasteiger partial charge is 0.462 e. The number of alkyl halides is 1. The number of ether oxygens (including phenoxy) is 1. The molecule has 3 aliphatic rings. The summed E-state index contributed by atoms with van der Waals surface area (Å²) in [4.78, 5) is 31.5. The molecule has 0 radical (unpaired) electrons. The number of halogens is 1. The van der Waals surface area contributed by atoms with E-state index in [1.165, 1.54) is 34.2 Å². The number of carbonyl (C=O) groups excluding carboxylic acids is 1. The highest BCUT2D eigenvalue weighted by molar-refractivity contribution is 5.97. The van der Waals surface area contributed by atoms with Crippen LogP contribution in [0.3, 0.4) is 0 Å². The third-order valence-corrected chi connectivity index (χ3v) is 9.45. The van der Waals surface area contributed by atoms with Crippen LogP contribution in [0.5, 0.6) is 6.01 Å². The van der Waals surface area contributed by atoms with E-state index < -0.39 is 6.67 Å². The number of likely N-dealkylation sites (tertiary alicyclic amines) is 1. The van der Waals surface area contributed by atoms with Gasteiger partial charge in [0.15, 0.2) is 0 Å². The first kappa shape index (κ1) is 30.8. The lowest BCUT2D eigenvalue weighted by molar-refractivity contribution is -0.128. The van der Waals surface area contributed by atoms with Gasteiger partial charge in [0.2, 0.25) is 5.91 Å². The minimum Gasteiger partial charge on any atom is -0.462 e. The molecule has 2 atom stereocenters. The number of aromatic nitrogens is 2. The van der Waals surface area contributed by atoms with Crippen LogP contribution in [-0.2, 0) is 17.8 Å². The van der Waals surface area contributed by atoms with Crippen LogP contribution in [0.2, 0.25) is 0 Å². The first-order chi connectivity index (χ1) is 21.9. The highest BCUT2D eigenvalue weighted by Gasteiger charge is 2.34. The van der Waals surface area contributed by atoms with Gasteiger partial charge in [-0.1, -0.05) is 30.3 Å². The maximum Gasteiger partial charge on any atom is 0.318 e. The molecule has 10 heteroatoms. The van der Waals surface area contributed by atoms with Gasteiger partial charge in [0.25, 0.3) is 0 Å². The maximum atomic E-state index is 12.8. The van der Waals surface area contributed by atoms with E-state index in [0.29, 0.717) is 50.9 Å². The molecule has 236 valence electrons. The van der Waals surface area contributed by atoms with Crippen molar-refractivity contribution in [3.8, 4) is 12.1 Å². The van der Waals surface area contributed by atoms with Gasteiger partial charge in [-0.15, -0.1) is 0 Å². The van der Waals surface area contributed by atoms with Crippen molar-refractivity contribution in [2.45, 2.75) is 64.7 Å². The number of piperazine rings is 1. The Morgan fingerprint density at radius 1 is 1.11 bits per heavy atom. The summed E-state index contributed by atoms with van der Waals surface area (Å²) < 4.78 is 19.1. The molecule has 2 aromatic carbocycles. The molecular weight excluding hydrogens is 569 g/mol. The number of nitrogens with zero attached hydrogens (tertiary/aromatic N) is 7. The number of fused-ring (bicyclic) bond motifs is 2. The Labute approximate surface area is 264 Å². The highest BCUT2D eigenvalue weighted by atomic mass is 19.1. The molecule has 3 aliphatic heterocycles. The topological polar surface area (TPSA) is 88.8 Å². The predicted molar refractivity (Wildman–Crippen MR) is 174 cm³/mol. The van der Waals surface area contributed by atoms with E-state index >= 15 is 0 Å². The van der Waals surface area contributed by atoms with Crippen LogP contribution < -0.4 is 14.5 Å². The molecule has 6 rings (SSSR count). The number of hydrogen-bond donors (Lipinski definition) is 0. The van der Waals surface area contributed by atoms with Gasteiger partial charge in [0.05, 0.1) is 30.8 Å². The van der Waals surface area contributed by atoms with E-state index in [9.17, 15) is 14.4 Å². The highest BCUT2D eigenvalue weighted by Crippen LogP contribution is 2.36. The van der Waals surface area contributed by atoms with Crippen LogP contribution in [-0.4, -0.2) is 89.8 Å². The number of anilines is 2. The van der Waals surface area contributed by atoms with Crippen LogP contribution in [0, 0.1) is 18.3 Å². The van der Waals surface area contributed by atoms with E-state index in [2.05, 4.69) is 77.9 Å². The van der Waals surface area contributed by atoms with Crippen molar-refractivity contribution >= 4 is 28.2 Å². The fourth-order valence-corrected chi connectivity index (χ4v) is 7.04. The lowest BCUT2D eigenvalue weighted by atomic mass is 9.99. The monoisotopic (exact) mass is 611 g/mol. The van der Waals surface area contributed by atoms with E-state index in [0.717, 1.165) is 43.0 Å². The zero-order valence-electron chi connectivity index (χ0n) is 26.5. The minimum absolute atomic E-state index is 0.184. The Kier molecular flexibility index (Phi) is 9.17. The maximum absolute atomic E-state index is 12.8. The molecule has 3 aromatic rings. The predicted octanol–water partition coefficient (Wildman–Crippen LogP) is 4.82. The summed E-state index contributed by atoms with van der Waals surface area (Å²) in [6.07, 6.45) is 4.52. The molecular formula is C35H42FN7O2. The van der Waals surface area contributed by atoms with Crippen molar-refractivity contribution in [2.75, 3.05) is 55.8 Å². The van der Waals surface area contributed by atoms with Gasteiger partial charge in [-0.2, -0.15) is 15.2 Å². The lowest BCUT2D eigenvalue weighted by Crippen LogP contribution is -2.55. The molecule has 0 saturated carbocycles. The second kappa shape index (κ2) is 13.4. The van der Waals surface area contributed by atoms with E-state index in [4.69, 9.17) is 14.7 Å². The van der Waals surface area contributed by atoms with Crippen LogP contribution in [0.4, 0.5) is 15.9 Å². The van der Waals surface area contributed by atoms with E-state index in [-0.39, 0.29) is 18.4 Å². The first-order valence-corrected chi connectivity index (χ1v) is 16.0. The van der Waals surface area contributed by atoms with Crippen LogP contribution >= 0.6 is 0 Å². The molecule has 45 heavy (non-hydrogen) atoms. The zero-order chi connectivity index (χ0) is 31.5. The molecule has 0 bridgehead atoms. The van der Waals surface area contributed by atoms with Gasteiger partial charge >= 0.3 is 6.01 Å². The first-order valence-electron chi connectivity index (χ1n) is 16.0. The van der Waals surface area contributed by atoms with Crippen LogP contribution in [0.25, 0.3) is 10.8 Å². The Bertz CT molecular complexity index is 1610. The number of allylic oxidation sites excluding steroid dienone is 1. The molecule has 9 nitrogen and oxygen atoms in total. The number of hydrogen-bond acceptors (Lipinski definition) is 8. The molecule has 1 unspecified atom stereocenters. The summed E-state index contributed by atoms with van der Waals surface area (Å²) in [5.74, 6) is 0.560. The summed E-state index contributed by atoms with van der Waals surface area (Å²) in [5, 5.41) is 12.1. The molecule has 0 spiro atoms. The van der Waals surface area contributed by atoms with Crippen molar-refractivity contribution in [1.29, 1.82) is 5.26 Å². The quantitative estimate of drug-likeness (QED) is 0.319. The van der Waals surface area contributed by atoms with Gasteiger partial charge in [-0.05, 0) is 56.7 Å². The number of nitriles is 1. The summed E-state index contributed by atoms with van der Waals surface area (Å²) in [7, 11) is 0. The molecule has 2 saturated heterocycles. The number of carbonyl (C=O) groups is 1. The van der Waals surface area contributed by atoms with Gasteiger partial charge in [0, 0.05) is 67.5 Å². The van der Waals surface area contributed by atoms with E-state index in [1.54, 1.807) is 4.90 Å². The van der Waals surface area contributed by atoms with Crippen LogP contribution in [0.1, 0.15) is 43.5 Å².